The van der Waals surface area contributed by atoms with Crippen molar-refractivity contribution in [2.75, 3.05) is 0 Å². The Balaban J connectivity index is 2.47. The molecular weight excluding hydrogens is 318 g/mol. The highest BCUT2D eigenvalue weighted by molar-refractivity contribution is 9.10. The van der Waals surface area contributed by atoms with Gasteiger partial charge in [0.15, 0.2) is 0 Å². The monoisotopic (exact) mass is 329 g/mol. The average Bonchev–Trinajstić information content (AvgIpc) is 2.61. The van der Waals surface area contributed by atoms with Crippen molar-refractivity contribution in [3.05, 3.63) is 54.6 Å². The van der Waals surface area contributed by atoms with Crippen LogP contribution in [0.2, 0.25) is 5.02 Å². The molecule has 0 saturated carbocycles. The van der Waals surface area contributed by atoms with Crippen molar-refractivity contribution in [1.82, 2.24) is 0 Å². The van der Waals surface area contributed by atoms with Crippen LogP contribution in [-0.4, -0.2) is 0 Å². The number of benzene rings is 1. The van der Waals surface area contributed by atoms with E-state index in [1.165, 1.54) is 4.88 Å². The second-order valence-electron chi connectivity index (χ2n) is 4.00. The summed E-state index contributed by atoms with van der Waals surface area (Å²) in [5.74, 6) is 0. The molecule has 1 nitrogen and oxygen atoms in total. The molecule has 0 amide bonds. The number of aryl methyl sites for hydroxylation is 1. The van der Waals surface area contributed by atoms with E-state index >= 15 is 0 Å². The van der Waals surface area contributed by atoms with E-state index in [2.05, 4.69) is 28.9 Å². The van der Waals surface area contributed by atoms with Gasteiger partial charge >= 0.3 is 0 Å². The number of thiophene rings is 1. The van der Waals surface area contributed by atoms with Crippen molar-refractivity contribution in [3.63, 3.8) is 0 Å². The lowest BCUT2D eigenvalue weighted by molar-refractivity contribution is 0.878. The van der Waals surface area contributed by atoms with E-state index in [1.807, 2.05) is 25.1 Å². The van der Waals surface area contributed by atoms with E-state index in [1.54, 1.807) is 11.3 Å². The Bertz CT molecular complexity index is 550. The minimum Gasteiger partial charge on any atom is -0.320 e. The van der Waals surface area contributed by atoms with Gasteiger partial charge in [0.25, 0.3) is 0 Å². The van der Waals surface area contributed by atoms with E-state index in [9.17, 15) is 0 Å². The van der Waals surface area contributed by atoms with Gasteiger partial charge in [0.05, 0.1) is 6.04 Å². The molecule has 0 spiro atoms. The maximum absolute atomic E-state index is 6.32. The minimum absolute atomic E-state index is 0.123. The quantitative estimate of drug-likeness (QED) is 0.838. The van der Waals surface area contributed by atoms with E-state index < -0.39 is 0 Å². The highest BCUT2D eigenvalue weighted by atomic mass is 79.9. The van der Waals surface area contributed by atoms with E-state index in [0.29, 0.717) is 0 Å². The molecule has 90 valence electrons. The largest absolute Gasteiger partial charge is 0.320 e. The topological polar surface area (TPSA) is 26.0 Å². The van der Waals surface area contributed by atoms with E-state index in [4.69, 9.17) is 17.3 Å². The summed E-state index contributed by atoms with van der Waals surface area (Å²) in [4.78, 5) is 2.40. The van der Waals surface area contributed by atoms with Crippen molar-refractivity contribution in [1.29, 1.82) is 0 Å². The molecule has 1 aromatic carbocycles. The standard InChI is InChI=1S/C13H13BrClNS/c1-7-6-10(14)13(17-7)12(16)9-4-3-5-11(15)8(9)2/h3-6,12H,16H2,1-2H3. The first-order valence-corrected chi connectivity index (χ1v) is 7.26. The number of hydrogen-bond donors (Lipinski definition) is 1. The molecule has 0 aliphatic heterocycles. The summed E-state index contributed by atoms with van der Waals surface area (Å²) in [5.41, 5.74) is 8.46. The van der Waals surface area contributed by atoms with Crippen molar-refractivity contribution in [2.45, 2.75) is 19.9 Å². The lowest BCUT2D eigenvalue weighted by Gasteiger charge is -2.14. The molecule has 1 aromatic heterocycles. The third-order valence-corrected chi connectivity index (χ3v) is 5.23. The van der Waals surface area contributed by atoms with Crippen LogP contribution in [0.15, 0.2) is 28.7 Å². The molecule has 0 aliphatic rings. The first-order chi connectivity index (χ1) is 8.00. The highest BCUT2D eigenvalue weighted by Gasteiger charge is 2.17. The average molecular weight is 331 g/mol. The SMILES string of the molecule is Cc1cc(Br)c(C(N)c2cccc(Cl)c2C)s1. The summed E-state index contributed by atoms with van der Waals surface area (Å²) in [7, 11) is 0. The zero-order valence-electron chi connectivity index (χ0n) is 9.63. The van der Waals surface area contributed by atoms with Crippen LogP contribution in [-0.2, 0) is 0 Å². The summed E-state index contributed by atoms with van der Waals surface area (Å²) in [6.45, 7) is 4.09. The second-order valence-corrected chi connectivity index (χ2v) is 6.55. The number of halogens is 2. The van der Waals surface area contributed by atoms with Crippen LogP contribution in [0.4, 0.5) is 0 Å². The van der Waals surface area contributed by atoms with E-state index in [-0.39, 0.29) is 6.04 Å². The third kappa shape index (κ3) is 2.58. The van der Waals surface area contributed by atoms with Gasteiger partial charge in [-0.25, -0.2) is 0 Å². The molecule has 2 N–H and O–H groups in total. The summed E-state index contributed by atoms with van der Waals surface area (Å²) in [5, 5.41) is 0.766. The Hall–Kier alpha value is -0.350. The molecule has 1 atom stereocenters. The van der Waals surface area contributed by atoms with Gasteiger partial charge in [-0.3, -0.25) is 0 Å². The van der Waals surface area contributed by atoms with Crippen molar-refractivity contribution in [2.24, 2.45) is 5.73 Å². The Morgan fingerprint density at radius 1 is 1.35 bits per heavy atom. The molecule has 2 aromatic rings. The zero-order valence-corrected chi connectivity index (χ0v) is 12.8. The molecule has 2 rings (SSSR count). The van der Waals surface area contributed by atoms with Crippen LogP contribution in [0, 0.1) is 13.8 Å². The summed E-state index contributed by atoms with van der Waals surface area (Å²) in [6, 6.07) is 7.84. The van der Waals surface area contributed by atoms with Gasteiger partial charge in [-0.05, 0) is 53.0 Å². The first kappa shape index (κ1) is 13.1. The number of rotatable bonds is 2. The van der Waals surface area contributed by atoms with Crippen molar-refractivity contribution in [3.8, 4) is 0 Å². The molecule has 0 radical (unpaired) electrons. The van der Waals surface area contributed by atoms with Crippen LogP contribution >= 0.6 is 38.9 Å². The van der Waals surface area contributed by atoms with Gasteiger partial charge in [0.1, 0.15) is 0 Å². The van der Waals surface area contributed by atoms with Gasteiger partial charge in [-0.2, -0.15) is 0 Å². The van der Waals surface area contributed by atoms with Gasteiger partial charge in [-0.1, -0.05) is 23.7 Å². The molecule has 1 unspecified atom stereocenters. The molecule has 0 saturated heterocycles. The summed E-state index contributed by atoms with van der Waals surface area (Å²) < 4.78 is 1.08. The van der Waals surface area contributed by atoms with Crippen molar-refractivity contribution >= 4 is 38.9 Å². The summed E-state index contributed by atoms with van der Waals surface area (Å²) >= 11 is 11.4. The fourth-order valence-electron chi connectivity index (χ4n) is 1.82. The lowest BCUT2D eigenvalue weighted by atomic mass is 10.0. The Kier molecular flexibility index (Phi) is 3.93. The smallest absolute Gasteiger partial charge is 0.0660 e. The Morgan fingerprint density at radius 2 is 2.06 bits per heavy atom. The van der Waals surface area contributed by atoms with Crippen LogP contribution in [0.5, 0.6) is 0 Å². The molecule has 0 bridgehead atoms. The maximum Gasteiger partial charge on any atom is 0.0660 e. The third-order valence-electron chi connectivity index (χ3n) is 2.76. The minimum atomic E-state index is -0.123. The number of nitrogens with two attached hydrogens (primary N) is 1. The zero-order chi connectivity index (χ0) is 12.6. The molecule has 4 heteroatoms. The predicted octanol–water partition coefficient (Wildman–Crippen LogP) is 4.83. The molecule has 0 aliphatic carbocycles. The molecular formula is C13H13BrClNS. The second kappa shape index (κ2) is 5.11. The van der Waals surface area contributed by atoms with Crippen molar-refractivity contribution < 1.29 is 0 Å². The van der Waals surface area contributed by atoms with Gasteiger partial charge in [0.2, 0.25) is 0 Å². The highest BCUT2D eigenvalue weighted by Crippen LogP contribution is 2.36. The Labute approximate surface area is 119 Å². The normalized spacial score (nSPS) is 12.8. The van der Waals surface area contributed by atoms with Gasteiger partial charge in [0, 0.05) is 19.2 Å². The number of hydrogen-bond acceptors (Lipinski definition) is 2. The van der Waals surface area contributed by atoms with Crippen LogP contribution in [0.1, 0.15) is 26.9 Å². The maximum atomic E-state index is 6.32. The summed E-state index contributed by atoms with van der Waals surface area (Å²) in [6.07, 6.45) is 0. The van der Waals surface area contributed by atoms with Crippen LogP contribution in [0.25, 0.3) is 0 Å². The van der Waals surface area contributed by atoms with E-state index in [0.717, 1.165) is 25.5 Å². The molecule has 1 heterocycles. The van der Waals surface area contributed by atoms with Crippen LogP contribution < -0.4 is 5.73 Å². The molecule has 17 heavy (non-hydrogen) atoms. The van der Waals surface area contributed by atoms with Gasteiger partial charge in [-0.15, -0.1) is 11.3 Å². The fourth-order valence-corrected chi connectivity index (χ4v) is 3.92. The fraction of sp³-hybridized carbons (Fsp3) is 0.231. The molecule has 0 fully saturated rings. The first-order valence-electron chi connectivity index (χ1n) is 5.27. The van der Waals surface area contributed by atoms with Crippen LogP contribution in [0.3, 0.4) is 0 Å². The Morgan fingerprint density at radius 3 is 2.65 bits per heavy atom. The van der Waals surface area contributed by atoms with Gasteiger partial charge < -0.3 is 5.73 Å². The predicted molar refractivity (Wildman–Crippen MR) is 79.0 cm³/mol. The lowest BCUT2D eigenvalue weighted by Crippen LogP contribution is -2.12.